The molecule has 5 heteroatoms. The van der Waals surface area contributed by atoms with E-state index in [1.165, 1.54) is 16.7 Å². The standard InChI is InChI=1S/C11H10BrNO2S/c12-9-3-1-8(2-4-9)5-13-10(14)6-16-7-11(13)15/h1-4H,5-7H2. The Hall–Kier alpha value is -0.810. The monoisotopic (exact) mass is 299 g/mol. The number of carbonyl (C=O) groups excluding carboxylic acids is 2. The molecule has 1 saturated heterocycles. The van der Waals surface area contributed by atoms with Crippen molar-refractivity contribution in [2.75, 3.05) is 11.5 Å². The van der Waals surface area contributed by atoms with Crippen molar-refractivity contribution in [3.63, 3.8) is 0 Å². The molecule has 0 N–H and O–H groups in total. The molecule has 1 aromatic rings. The third kappa shape index (κ3) is 2.65. The van der Waals surface area contributed by atoms with Crippen molar-refractivity contribution < 1.29 is 9.59 Å². The van der Waals surface area contributed by atoms with Crippen molar-refractivity contribution in [1.82, 2.24) is 4.90 Å². The van der Waals surface area contributed by atoms with E-state index < -0.39 is 0 Å². The van der Waals surface area contributed by atoms with Crippen LogP contribution in [0.25, 0.3) is 0 Å². The lowest BCUT2D eigenvalue weighted by Gasteiger charge is -2.24. The molecule has 0 spiro atoms. The zero-order valence-electron chi connectivity index (χ0n) is 8.48. The molecule has 1 heterocycles. The van der Waals surface area contributed by atoms with Gasteiger partial charge in [0.1, 0.15) is 0 Å². The number of hydrogen-bond acceptors (Lipinski definition) is 3. The van der Waals surface area contributed by atoms with Gasteiger partial charge in [0, 0.05) is 4.47 Å². The molecule has 16 heavy (non-hydrogen) atoms. The van der Waals surface area contributed by atoms with Crippen LogP contribution < -0.4 is 0 Å². The molecule has 0 bridgehead atoms. The molecule has 0 aliphatic carbocycles. The van der Waals surface area contributed by atoms with Gasteiger partial charge >= 0.3 is 0 Å². The molecular formula is C11H10BrNO2S. The maximum Gasteiger partial charge on any atom is 0.239 e. The fourth-order valence-electron chi connectivity index (χ4n) is 1.47. The van der Waals surface area contributed by atoms with E-state index >= 15 is 0 Å². The van der Waals surface area contributed by atoms with E-state index in [1.807, 2.05) is 24.3 Å². The summed E-state index contributed by atoms with van der Waals surface area (Å²) in [6, 6.07) is 7.63. The minimum Gasteiger partial charge on any atom is -0.277 e. The minimum atomic E-state index is -0.0934. The van der Waals surface area contributed by atoms with Gasteiger partial charge in [-0.25, -0.2) is 0 Å². The van der Waals surface area contributed by atoms with Gasteiger partial charge < -0.3 is 0 Å². The Morgan fingerprint density at radius 1 is 1.12 bits per heavy atom. The predicted molar refractivity (Wildman–Crippen MR) is 67.0 cm³/mol. The number of nitrogens with zero attached hydrogens (tertiary/aromatic N) is 1. The summed E-state index contributed by atoms with van der Waals surface area (Å²) in [7, 11) is 0. The Morgan fingerprint density at radius 2 is 1.69 bits per heavy atom. The number of halogens is 1. The third-order valence-electron chi connectivity index (χ3n) is 2.31. The molecule has 1 aliphatic rings. The fraction of sp³-hybridized carbons (Fsp3) is 0.273. The highest BCUT2D eigenvalue weighted by Crippen LogP contribution is 2.17. The zero-order chi connectivity index (χ0) is 11.5. The number of rotatable bonds is 2. The summed E-state index contributed by atoms with van der Waals surface area (Å²) in [4.78, 5) is 24.4. The van der Waals surface area contributed by atoms with E-state index in [-0.39, 0.29) is 11.8 Å². The van der Waals surface area contributed by atoms with Crippen LogP contribution in [0.1, 0.15) is 5.56 Å². The maximum absolute atomic E-state index is 11.6. The highest BCUT2D eigenvalue weighted by Gasteiger charge is 2.26. The van der Waals surface area contributed by atoms with Crippen LogP contribution in [0.3, 0.4) is 0 Å². The zero-order valence-corrected chi connectivity index (χ0v) is 10.9. The second-order valence-corrected chi connectivity index (χ2v) is 5.39. The molecule has 0 radical (unpaired) electrons. The fourth-order valence-corrected chi connectivity index (χ4v) is 2.50. The van der Waals surface area contributed by atoms with Crippen LogP contribution in [0.2, 0.25) is 0 Å². The van der Waals surface area contributed by atoms with Gasteiger partial charge in [0.15, 0.2) is 0 Å². The van der Waals surface area contributed by atoms with Gasteiger partial charge in [-0.2, -0.15) is 0 Å². The number of amides is 2. The number of thioether (sulfide) groups is 1. The van der Waals surface area contributed by atoms with Gasteiger partial charge in [-0.1, -0.05) is 28.1 Å². The first kappa shape index (κ1) is 11.7. The average molecular weight is 300 g/mol. The summed E-state index contributed by atoms with van der Waals surface area (Å²) < 4.78 is 0.989. The summed E-state index contributed by atoms with van der Waals surface area (Å²) in [5, 5.41) is 0. The number of carbonyl (C=O) groups is 2. The van der Waals surface area contributed by atoms with Crippen LogP contribution in [-0.2, 0) is 16.1 Å². The largest absolute Gasteiger partial charge is 0.277 e. The summed E-state index contributed by atoms with van der Waals surface area (Å²) in [5.74, 6) is 0.623. The Morgan fingerprint density at radius 3 is 2.25 bits per heavy atom. The molecular weight excluding hydrogens is 290 g/mol. The molecule has 0 unspecified atom stereocenters. The Labute approximate surface area is 106 Å². The van der Waals surface area contributed by atoms with Crippen molar-refractivity contribution in [2.24, 2.45) is 0 Å². The van der Waals surface area contributed by atoms with Crippen molar-refractivity contribution in [3.05, 3.63) is 34.3 Å². The predicted octanol–water partition coefficient (Wildman–Crippen LogP) is 2.05. The van der Waals surface area contributed by atoms with Crippen LogP contribution in [0.15, 0.2) is 28.7 Å². The number of imide groups is 1. The molecule has 1 fully saturated rings. The summed E-state index contributed by atoms with van der Waals surface area (Å²) in [6.45, 7) is 0.380. The first-order valence-corrected chi connectivity index (χ1v) is 6.77. The van der Waals surface area contributed by atoms with Gasteiger partial charge in [-0.05, 0) is 17.7 Å². The Kier molecular flexibility index (Phi) is 3.66. The van der Waals surface area contributed by atoms with E-state index in [2.05, 4.69) is 15.9 Å². The average Bonchev–Trinajstić information content (AvgIpc) is 2.26. The molecule has 0 aromatic heterocycles. The van der Waals surface area contributed by atoms with Crippen LogP contribution in [0, 0.1) is 0 Å². The van der Waals surface area contributed by atoms with Gasteiger partial charge in [0.25, 0.3) is 0 Å². The molecule has 1 aliphatic heterocycles. The topological polar surface area (TPSA) is 37.4 Å². The number of hydrogen-bond donors (Lipinski definition) is 0. The highest BCUT2D eigenvalue weighted by molar-refractivity contribution is 9.10. The second kappa shape index (κ2) is 5.01. The quantitative estimate of drug-likeness (QED) is 0.785. The van der Waals surface area contributed by atoms with Crippen LogP contribution >= 0.6 is 27.7 Å². The third-order valence-corrected chi connectivity index (χ3v) is 3.74. The Bertz CT molecular complexity index is 402. The van der Waals surface area contributed by atoms with Crippen molar-refractivity contribution in [3.8, 4) is 0 Å². The summed E-state index contributed by atoms with van der Waals surface area (Å²) in [5.41, 5.74) is 0.969. The first-order chi connectivity index (χ1) is 7.66. The van der Waals surface area contributed by atoms with E-state index in [1.54, 1.807) is 0 Å². The summed E-state index contributed by atoms with van der Waals surface area (Å²) >= 11 is 4.72. The molecule has 84 valence electrons. The normalized spacial score (nSPS) is 16.7. The van der Waals surface area contributed by atoms with Gasteiger partial charge in [0.05, 0.1) is 18.1 Å². The highest BCUT2D eigenvalue weighted by atomic mass is 79.9. The van der Waals surface area contributed by atoms with Gasteiger partial charge in [-0.15, -0.1) is 11.8 Å². The lowest BCUT2D eigenvalue weighted by atomic mass is 10.2. The number of benzene rings is 1. The first-order valence-electron chi connectivity index (χ1n) is 4.82. The van der Waals surface area contributed by atoms with E-state index in [0.717, 1.165) is 10.0 Å². The molecule has 0 saturated carbocycles. The van der Waals surface area contributed by atoms with E-state index in [4.69, 9.17) is 0 Å². The molecule has 1 aromatic carbocycles. The van der Waals surface area contributed by atoms with Gasteiger partial charge in [0.2, 0.25) is 11.8 Å². The SMILES string of the molecule is O=C1CSCC(=O)N1Cc1ccc(Br)cc1. The minimum absolute atomic E-state index is 0.0934. The molecule has 3 nitrogen and oxygen atoms in total. The van der Waals surface area contributed by atoms with Crippen molar-refractivity contribution >= 4 is 39.5 Å². The van der Waals surface area contributed by atoms with Crippen LogP contribution in [0.5, 0.6) is 0 Å². The van der Waals surface area contributed by atoms with Crippen molar-refractivity contribution in [2.45, 2.75) is 6.54 Å². The van der Waals surface area contributed by atoms with Gasteiger partial charge in [-0.3, -0.25) is 14.5 Å². The molecule has 0 atom stereocenters. The van der Waals surface area contributed by atoms with Crippen LogP contribution in [-0.4, -0.2) is 28.2 Å². The smallest absolute Gasteiger partial charge is 0.239 e. The molecule has 2 rings (SSSR count). The molecule has 2 amide bonds. The second-order valence-electron chi connectivity index (χ2n) is 3.49. The maximum atomic E-state index is 11.6. The van der Waals surface area contributed by atoms with Crippen molar-refractivity contribution in [1.29, 1.82) is 0 Å². The Balaban J connectivity index is 2.10. The summed E-state index contributed by atoms with van der Waals surface area (Å²) in [6.07, 6.45) is 0. The lowest BCUT2D eigenvalue weighted by Crippen LogP contribution is -2.42. The lowest BCUT2D eigenvalue weighted by molar-refractivity contribution is -0.142. The van der Waals surface area contributed by atoms with E-state index in [0.29, 0.717) is 18.1 Å². The van der Waals surface area contributed by atoms with Crippen LogP contribution in [0.4, 0.5) is 0 Å². The van der Waals surface area contributed by atoms with E-state index in [9.17, 15) is 9.59 Å².